The van der Waals surface area contributed by atoms with Crippen LogP contribution in [0.15, 0.2) is 46.1 Å². The molecule has 0 radical (unpaired) electrons. The number of hydrogen-bond donors (Lipinski definition) is 2. The Morgan fingerprint density at radius 2 is 1.61 bits per heavy atom. The van der Waals surface area contributed by atoms with Crippen LogP contribution in [0.4, 0.5) is 0 Å². The van der Waals surface area contributed by atoms with Crippen LogP contribution < -0.4 is 11.2 Å². The van der Waals surface area contributed by atoms with Gasteiger partial charge in [0.1, 0.15) is 6.10 Å². The van der Waals surface area contributed by atoms with Crippen molar-refractivity contribution in [2.24, 2.45) is 0 Å². The highest BCUT2D eigenvalue weighted by Gasteiger charge is 2.60. The predicted molar refractivity (Wildman–Crippen MR) is 172 cm³/mol. The number of rotatable bonds is 9. The lowest BCUT2D eigenvalue weighted by atomic mass is 9.95. The van der Waals surface area contributed by atoms with E-state index in [1.807, 2.05) is 13.0 Å². The van der Waals surface area contributed by atoms with Gasteiger partial charge >= 0.3 is 5.69 Å². The first kappa shape index (κ1) is 33.9. The van der Waals surface area contributed by atoms with Crippen LogP contribution >= 0.6 is 0 Å². The number of aromatic amines is 1. The Morgan fingerprint density at radius 3 is 2.12 bits per heavy atom. The summed E-state index contributed by atoms with van der Waals surface area (Å²) >= 11 is 0. The van der Waals surface area contributed by atoms with Crippen molar-refractivity contribution in [1.82, 2.24) is 9.55 Å². The zero-order chi connectivity index (χ0) is 31.2. The highest BCUT2D eigenvalue weighted by atomic mass is 32.2. The van der Waals surface area contributed by atoms with Crippen LogP contribution in [0.2, 0.25) is 36.3 Å². The van der Waals surface area contributed by atoms with Crippen LogP contribution in [-0.4, -0.2) is 53.5 Å². The Bertz CT molecular complexity index is 1360. The van der Waals surface area contributed by atoms with Gasteiger partial charge in [-0.05, 0) is 48.2 Å². The second kappa shape index (κ2) is 11.8. The number of H-pyrrole nitrogens is 1. The number of benzene rings is 1. The molecule has 230 valence electrons. The standard InChI is InChI=1S/C30H50N2O6SSi2/c1-12-21-19-32(27(35)31-26(21)34)30(25(33)22-16-14-13-15-17-22)18-23(38-41(10,11)29(5,6)7)24(39(30)36)20-37-40(8,9)28(2,3)4/h13-17,19,23-25,33H,12,18,20H2,1-11H3,(H,31,34,35)/t23-,24+,25?,30-,39+/m0/s1. The summed E-state index contributed by atoms with van der Waals surface area (Å²) in [7, 11) is -6.44. The number of aliphatic hydroxyl groups excluding tert-OH is 1. The molecule has 1 aliphatic rings. The molecular weight excluding hydrogens is 573 g/mol. The first-order chi connectivity index (χ1) is 18.7. The number of aryl methyl sites for hydroxylation is 1. The van der Waals surface area contributed by atoms with E-state index < -0.39 is 61.0 Å². The van der Waals surface area contributed by atoms with Crippen molar-refractivity contribution < 1.29 is 18.2 Å². The van der Waals surface area contributed by atoms with Crippen molar-refractivity contribution in [1.29, 1.82) is 0 Å². The van der Waals surface area contributed by atoms with E-state index in [0.29, 0.717) is 17.5 Å². The second-order valence-corrected chi connectivity index (χ2v) is 25.8. The Kier molecular flexibility index (Phi) is 9.75. The first-order valence-corrected chi connectivity index (χ1v) is 21.5. The lowest BCUT2D eigenvalue weighted by Gasteiger charge is -2.40. The molecule has 8 nitrogen and oxygen atoms in total. The predicted octanol–water partition coefficient (Wildman–Crippen LogP) is 5.42. The normalized spacial score (nSPS) is 24.9. The van der Waals surface area contributed by atoms with Crippen molar-refractivity contribution in [2.75, 3.05) is 6.61 Å². The number of aliphatic hydroxyl groups is 1. The molecule has 1 fully saturated rings. The quantitative estimate of drug-likeness (QED) is 0.362. The van der Waals surface area contributed by atoms with Gasteiger partial charge in [-0.25, -0.2) is 4.79 Å². The fourth-order valence-corrected chi connectivity index (χ4v) is 9.50. The summed E-state index contributed by atoms with van der Waals surface area (Å²) in [6, 6.07) is 8.99. The zero-order valence-corrected chi connectivity index (χ0v) is 29.5. The van der Waals surface area contributed by atoms with Gasteiger partial charge in [0.15, 0.2) is 21.5 Å². The van der Waals surface area contributed by atoms with Crippen LogP contribution in [-0.2, 0) is 30.9 Å². The van der Waals surface area contributed by atoms with E-state index >= 15 is 0 Å². The lowest BCUT2D eigenvalue weighted by molar-refractivity contribution is 0.0559. The molecule has 1 aromatic carbocycles. The molecule has 3 rings (SSSR count). The zero-order valence-electron chi connectivity index (χ0n) is 26.7. The average molecular weight is 623 g/mol. The van der Waals surface area contributed by atoms with Gasteiger partial charge in [-0.2, -0.15) is 0 Å². The molecule has 0 saturated carbocycles. The van der Waals surface area contributed by atoms with E-state index in [9.17, 15) is 18.9 Å². The molecule has 1 aromatic heterocycles. The monoisotopic (exact) mass is 622 g/mol. The van der Waals surface area contributed by atoms with Gasteiger partial charge in [0, 0.05) is 18.2 Å². The average Bonchev–Trinajstić information content (AvgIpc) is 3.12. The highest BCUT2D eigenvalue weighted by molar-refractivity contribution is 7.86. The Morgan fingerprint density at radius 1 is 1.05 bits per heavy atom. The van der Waals surface area contributed by atoms with Crippen LogP contribution in [0, 0.1) is 0 Å². The molecule has 2 N–H and O–H groups in total. The van der Waals surface area contributed by atoms with Crippen molar-refractivity contribution in [2.45, 2.75) is 120 Å². The maximum atomic E-state index is 15.0. The maximum Gasteiger partial charge on any atom is 0.329 e. The van der Waals surface area contributed by atoms with Crippen LogP contribution in [0.1, 0.15) is 72.1 Å². The Labute approximate surface area is 249 Å². The molecule has 41 heavy (non-hydrogen) atoms. The lowest BCUT2D eigenvalue weighted by Crippen LogP contribution is -2.50. The molecule has 0 spiro atoms. The molecular formula is C30H50N2O6SSi2. The van der Waals surface area contributed by atoms with Crippen LogP contribution in [0.5, 0.6) is 0 Å². The summed E-state index contributed by atoms with van der Waals surface area (Å²) in [4.78, 5) is 26.9. The van der Waals surface area contributed by atoms with Gasteiger partial charge in [-0.3, -0.25) is 18.6 Å². The van der Waals surface area contributed by atoms with Crippen molar-refractivity contribution in [3.63, 3.8) is 0 Å². The van der Waals surface area contributed by atoms with E-state index in [1.54, 1.807) is 24.3 Å². The van der Waals surface area contributed by atoms with Gasteiger partial charge in [0.05, 0.1) is 28.8 Å². The third kappa shape index (κ3) is 6.50. The van der Waals surface area contributed by atoms with Gasteiger partial charge in [0.2, 0.25) is 0 Å². The summed E-state index contributed by atoms with van der Waals surface area (Å²) in [6.07, 6.45) is 0.140. The summed E-state index contributed by atoms with van der Waals surface area (Å²) in [5, 5.41) is 11.3. The number of hydrogen-bond acceptors (Lipinski definition) is 6. The third-order valence-electron chi connectivity index (χ3n) is 9.55. The Hall–Kier alpha value is -1.64. The van der Waals surface area contributed by atoms with E-state index in [-0.39, 0.29) is 23.1 Å². The van der Waals surface area contributed by atoms with E-state index in [1.165, 1.54) is 10.8 Å². The highest BCUT2D eigenvalue weighted by Crippen LogP contribution is 2.50. The molecule has 1 unspecified atom stereocenters. The molecule has 0 aliphatic carbocycles. The third-order valence-corrected chi connectivity index (χ3v) is 20.8. The van der Waals surface area contributed by atoms with E-state index in [2.05, 4.69) is 72.7 Å². The van der Waals surface area contributed by atoms with Crippen molar-refractivity contribution in [3.05, 3.63) is 68.5 Å². The van der Waals surface area contributed by atoms with Gasteiger partial charge in [-0.1, -0.05) is 78.8 Å². The topological polar surface area (TPSA) is 111 Å². The number of nitrogens with zero attached hydrogens (tertiary/aromatic N) is 1. The minimum absolute atomic E-state index is 0.0601. The molecule has 5 atom stereocenters. The molecule has 2 aromatic rings. The maximum absolute atomic E-state index is 15.0. The molecule has 1 saturated heterocycles. The summed E-state index contributed by atoms with van der Waals surface area (Å²) in [5.41, 5.74) is -0.264. The number of nitrogens with one attached hydrogen (secondary N) is 1. The molecule has 1 aliphatic heterocycles. The second-order valence-electron chi connectivity index (χ2n) is 14.3. The minimum atomic E-state index is -2.38. The molecule has 0 bridgehead atoms. The largest absolute Gasteiger partial charge is 0.416 e. The summed E-state index contributed by atoms with van der Waals surface area (Å²) < 4.78 is 29.9. The van der Waals surface area contributed by atoms with Crippen molar-refractivity contribution >= 4 is 27.4 Å². The number of aromatic nitrogens is 2. The fourth-order valence-electron chi connectivity index (χ4n) is 4.74. The van der Waals surface area contributed by atoms with Gasteiger partial charge in [-0.15, -0.1) is 0 Å². The van der Waals surface area contributed by atoms with E-state index in [4.69, 9.17) is 8.85 Å². The van der Waals surface area contributed by atoms with E-state index in [0.717, 1.165) is 0 Å². The molecule has 2 heterocycles. The smallest absolute Gasteiger partial charge is 0.329 e. The van der Waals surface area contributed by atoms with Crippen molar-refractivity contribution in [3.8, 4) is 0 Å². The van der Waals surface area contributed by atoms with Gasteiger partial charge < -0.3 is 14.0 Å². The fraction of sp³-hybridized carbons (Fsp3) is 0.667. The summed E-state index contributed by atoms with van der Waals surface area (Å²) in [6.45, 7) is 23.5. The van der Waals surface area contributed by atoms with Crippen LogP contribution in [0.3, 0.4) is 0 Å². The first-order valence-electron chi connectivity index (χ1n) is 14.5. The van der Waals surface area contributed by atoms with Crippen LogP contribution in [0.25, 0.3) is 0 Å². The molecule has 0 amide bonds. The molecule has 11 heteroatoms. The Balaban J connectivity index is 2.27. The van der Waals surface area contributed by atoms with Gasteiger partial charge in [0.25, 0.3) is 5.56 Å². The minimum Gasteiger partial charge on any atom is -0.416 e. The SMILES string of the molecule is CCc1cn([C@@]2(C(O)c3ccccc3)C[C@H](O[Si](C)(C)C(C)(C)C)[C@@H](CO[Si](C)(C)C(C)(C)C)[S@]2=O)c(=O)[nH]c1=O. The summed E-state index contributed by atoms with van der Waals surface area (Å²) in [5.74, 6) is 0.